The lowest BCUT2D eigenvalue weighted by atomic mass is 10.2. The van der Waals surface area contributed by atoms with Gasteiger partial charge in [0.05, 0.1) is 4.70 Å². The van der Waals surface area contributed by atoms with Crippen LogP contribution < -0.4 is 19.7 Å². The van der Waals surface area contributed by atoms with Gasteiger partial charge in [-0.15, -0.1) is 0 Å². The molecule has 3 heterocycles. The molecule has 2 aliphatic heterocycles. The first-order valence-corrected chi connectivity index (χ1v) is 12.0. The van der Waals surface area contributed by atoms with Crippen molar-refractivity contribution in [3.63, 3.8) is 0 Å². The Morgan fingerprint density at radius 2 is 1.91 bits per heavy atom. The van der Waals surface area contributed by atoms with Crippen molar-refractivity contribution in [2.24, 2.45) is 11.8 Å². The molecule has 166 valence electrons. The van der Waals surface area contributed by atoms with Gasteiger partial charge in [0.1, 0.15) is 5.82 Å². The van der Waals surface area contributed by atoms with E-state index in [4.69, 9.17) is 13.8 Å². The molecule has 32 heavy (non-hydrogen) atoms. The summed E-state index contributed by atoms with van der Waals surface area (Å²) < 4.78 is 16.6. The molecule has 0 radical (unpaired) electrons. The fourth-order valence-corrected chi connectivity index (χ4v) is 5.52. The lowest BCUT2D eigenvalue weighted by Crippen LogP contribution is -2.47. The van der Waals surface area contributed by atoms with Crippen LogP contribution in [0.4, 0.5) is 5.82 Å². The maximum absolute atomic E-state index is 12.5. The largest absolute Gasteiger partial charge is 0.454 e. The van der Waals surface area contributed by atoms with E-state index < -0.39 is 0 Å². The van der Waals surface area contributed by atoms with E-state index in [1.54, 1.807) is 29.7 Å². The van der Waals surface area contributed by atoms with Crippen molar-refractivity contribution < 1.29 is 14.3 Å². The molecule has 0 spiro atoms. The van der Waals surface area contributed by atoms with E-state index in [2.05, 4.69) is 39.4 Å². The molecule has 3 aromatic rings. The Morgan fingerprint density at radius 1 is 1.06 bits per heavy atom. The number of hydrogen-bond acceptors (Lipinski definition) is 7. The summed E-state index contributed by atoms with van der Waals surface area (Å²) in [5.41, 5.74) is 0.622. The number of aromatic nitrogens is 1. The van der Waals surface area contributed by atoms with Gasteiger partial charge in [-0.25, -0.2) is 0 Å². The maximum atomic E-state index is 12.5. The average molecular weight is 451 g/mol. The summed E-state index contributed by atoms with van der Waals surface area (Å²) in [5.74, 6) is 3.70. The Kier molecular flexibility index (Phi) is 5.11. The molecule has 3 aliphatic rings. The lowest BCUT2D eigenvalue weighted by molar-refractivity contribution is 0.0950. The van der Waals surface area contributed by atoms with Gasteiger partial charge in [-0.2, -0.15) is 4.37 Å². The van der Waals surface area contributed by atoms with E-state index in [0.29, 0.717) is 28.9 Å². The highest BCUT2D eigenvalue weighted by molar-refractivity contribution is 7.13. The van der Waals surface area contributed by atoms with Crippen LogP contribution >= 0.6 is 11.5 Å². The first-order chi connectivity index (χ1) is 15.7. The minimum atomic E-state index is -0.0435. The van der Waals surface area contributed by atoms with Crippen LogP contribution in [0.15, 0.2) is 42.5 Å². The second-order valence-corrected chi connectivity index (χ2v) is 9.63. The summed E-state index contributed by atoms with van der Waals surface area (Å²) >= 11 is 1.59. The van der Waals surface area contributed by atoms with E-state index in [-0.39, 0.29) is 12.7 Å². The number of anilines is 1. The average Bonchev–Trinajstić information content (AvgIpc) is 3.21. The monoisotopic (exact) mass is 450 g/mol. The second-order valence-electron chi connectivity index (χ2n) is 8.82. The zero-order valence-corrected chi connectivity index (χ0v) is 18.6. The minimum Gasteiger partial charge on any atom is -0.454 e. The normalized spacial score (nSPS) is 22.3. The van der Waals surface area contributed by atoms with Crippen LogP contribution in [0, 0.1) is 11.8 Å². The van der Waals surface area contributed by atoms with Gasteiger partial charge in [-0.3, -0.25) is 9.69 Å². The van der Waals surface area contributed by atoms with Crippen molar-refractivity contribution in [2.45, 2.75) is 6.42 Å². The van der Waals surface area contributed by atoms with Gasteiger partial charge >= 0.3 is 0 Å². The molecule has 0 unspecified atom stereocenters. The lowest BCUT2D eigenvalue weighted by Gasteiger charge is -2.35. The molecule has 8 heteroatoms. The van der Waals surface area contributed by atoms with Crippen LogP contribution in [0.2, 0.25) is 0 Å². The summed E-state index contributed by atoms with van der Waals surface area (Å²) in [6.07, 6.45) is 1.19. The fraction of sp³-hybridized carbons (Fsp3) is 0.417. The number of carbonyl (C=O) groups excluding carboxylic acids is 1. The van der Waals surface area contributed by atoms with E-state index in [1.165, 1.54) is 16.5 Å². The maximum Gasteiger partial charge on any atom is 0.251 e. The molecule has 6 rings (SSSR count). The van der Waals surface area contributed by atoms with E-state index in [9.17, 15) is 4.79 Å². The number of amides is 1. The van der Waals surface area contributed by atoms with Gasteiger partial charge in [0, 0.05) is 50.2 Å². The first kappa shape index (κ1) is 19.8. The topological polar surface area (TPSA) is 66.9 Å². The summed E-state index contributed by atoms with van der Waals surface area (Å²) in [6, 6.07) is 13.8. The molecule has 1 saturated carbocycles. The van der Waals surface area contributed by atoms with Crippen LogP contribution in [0.3, 0.4) is 0 Å². The molecular weight excluding hydrogens is 424 g/mol. The third-order valence-corrected chi connectivity index (χ3v) is 7.57. The van der Waals surface area contributed by atoms with Gasteiger partial charge in [-0.05, 0) is 60.1 Å². The van der Waals surface area contributed by atoms with Gasteiger partial charge in [0.15, 0.2) is 11.5 Å². The molecule has 1 aliphatic carbocycles. The summed E-state index contributed by atoms with van der Waals surface area (Å²) in [7, 11) is 0. The van der Waals surface area contributed by atoms with E-state index in [1.807, 2.05) is 0 Å². The second kappa shape index (κ2) is 8.26. The molecule has 1 saturated heterocycles. The molecule has 2 atom stereocenters. The summed E-state index contributed by atoms with van der Waals surface area (Å²) in [5, 5.41) is 4.36. The number of hydrogen-bond donors (Lipinski definition) is 1. The highest BCUT2D eigenvalue weighted by atomic mass is 32.1. The van der Waals surface area contributed by atoms with Crippen LogP contribution in [0.1, 0.15) is 16.8 Å². The number of fused-ring (bicyclic) bond motifs is 2. The molecule has 1 aromatic heterocycles. The number of nitrogens with zero attached hydrogens (tertiary/aromatic N) is 3. The van der Waals surface area contributed by atoms with Crippen molar-refractivity contribution in [3.8, 4) is 11.5 Å². The van der Waals surface area contributed by atoms with Gasteiger partial charge in [0.25, 0.3) is 5.91 Å². The van der Waals surface area contributed by atoms with Crippen molar-refractivity contribution in [2.75, 3.05) is 51.0 Å². The number of rotatable bonds is 6. The molecule has 2 fully saturated rings. The standard InChI is InChI=1S/C24H26N4O3S/c29-24(16-5-6-20-21(12-16)31-15-30-20)25-13-17-11-18(17)14-27-7-9-28(10-8-27)23-19-3-1-2-4-22(19)32-26-23/h1-6,12,17-18H,7-11,13-15H2,(H,25,29)/t17-,18-/m1/s1. The van der Waals surface area contributed by atoms with Crippen LogP contribution in [0.25, 0.3) is 10.1 Å². The van der Waals surface area contributed by atoms with Crippen molar-refractivity contribution in [3.05, 3.63) is 48.0 Å². The van der Waals surface area contributed by atoms with Crippen molar-refractivity contribution in [1.29, 1.82) is 0 Å². The van der Waals surface area contributed by atoms with Crippen molar-refractivity contribution >= 4 is 33.3 Å². The Balaban J connectivity index is 0.958. The van der Waals surface area contributed by atoms with Crippen LogP contribution in [-0.2, 0) is 0 Å². The number of carbonyl (C=O) groups is 1. The van der Waals surface area contributed by atoms with Crippen LogP contribution in [-0.4, -0.2) is 61.2 Å². The van der Waals surface area contributed by atoms with Crippen LogP contribution in [0.5, 0.6) is 11.5 Å². The first-order valence-electron chi connectivity index (χ1n) is 11.2. The number of nitrogens with one attached hydrogen (secondary N) is 1. The predicted octanol–water partition coefficient (Wildman–Crippen LogP) is 3.21. The molecule has 0 bridgehead atoms. The Labute approximate surface area is 191 Å². The Hall–Kier alpha value is -2.84. The molecule has 7 nitrogen and oxygen atoms in total. The fourth-order valence-electron chi connectivity index (χ4n) is 4.72. The van der Waals surface area contributed by atoms with Crippen molar-refractivity contribution in [1.82, 2.24) is 14.6 Å². The van der Waals surface area contributed by atoms with Gasteiger partial charge in [0.2, 0.25) is 6.79 Å². The number of piperazine rings is 1. The zero-order valence-electron chi connectivity index (χ0n) is 17.8. The Morgan fingerprint density at radius 3 is 2.81 bits per heavy atom. The third kappa shape index (κ3) is 3.89. The quantitative estimate of drug-likeness (QED) is 0.622. The molecule has 2 aromatic carbocycles. The zero-order chi connectivity index (χ0) is 21.5. The molecular formula is C24H26N4O3S. The summed E-state index contributed by atoms with van der Waals surface area (Å²) in [4.78, 5) is 17.5. The number of ether oxygens (including phenoxy) is 2. The highest BCUT2D eigenvalue weighted by Gasteiger charge is 2.38. The van der Waals surface area contributed by atoms with E-state index >= 15 is 0 Å². The number of benzene rings is 2. The van der Waals surface area contributed by atoms with Gasteiger partial charge in [-0.1, -0.05) is 12.1 Å². The highest BCUT2D eigenvalue weighted by Crippen LogP contribution is 2.39. The Bertz CT molecular complexity index is 1140. The SMILES string of the molecule is O=C(NC[C@H]1C[C@@H]1CN1CCN(c2nsc3ccccc23)CC1)c1ccc2c(c1)OCO2. The smallest absolute Gasteiger partial charge is 0.251 e. The van der Waals surface area contributed by atoms with Gasteiger partial charge < -0.3 is 19.7 Å². The molecule has 1 N–H and O–H groups in total. The minimum absolute atomic E-state index is 0.0435. The third-order valence-electron chi connectivity index (χ3n) is 6.75. The summed E-state index contributed by atoms with van der Waals surface area (Å²) in [6.45, 7) is 6.26. The van der Waals surface area contributed by atoms with E-state index in [0.717, 1.165) is 45.1 Å². The molecule has 1 amide bonds. The predicted molar refractivity (Wildman–Crippen MR) is 125 cm³/mol.